The third-order valence-electron chi connectivity index (χ3n) is 3.64. The van der Waals surface area contributed by atoms with Crippen molar-refractivity contribution in [3.63, 3.8) is 0 Å². The molecule has 1 aliphatic heterocycles. The molecule has 4 nitrogen and oxygen atoms in total. The molecule has 1 fully saturated rings. The Morgan fingerprint density at radius 1 is 1.42 bits per heavy atom. The van der Waals surface area contributed by atoms with Gasteiger partial charge in [0.25, 0.3) is 0 Å². The summed E-state index contributed by atoms with van der Waals surface area (Å²) in [5, 5.41) is 4.12. The second-order valence-electron chi connectivity index (χ2n) is 5.07. The van der Waals surface area contributed by atoms with Crippen molar-refractivity contribution in [2.45, 2.75) is 12.8 Å². The SMILES string of the molecule is O=C(Cc1c[nH]c2ccccc12)NCC1CCOC1. The molecule has 3 rings (SSSR count). The average molecular weight is 258 g/mol. The molecule has 19 heavy (non-hydrogen) atoms. The van der Waals surface area contributed by atoms with Crippen molar-refractivity contribution in [1.82, 2.24) is 10.3 Å². The smallest absolute Gasteiger partial charge is 0.224 e. The van der Waals surface area contributed by atoms with E-state index in [0.717, 1.165) is 42.6 Å². The molecule has 2 N–H and O–H groups in total. The Balaban J connectivity index is 1.59. The van der Waals surface area contributed by atoms with Crippen LogP contribution in [0.4, 0.5) is 0 Å². The third-order valence-corrected chi connectivity index (χ3v) is 3.64. The van der Waals surface area contributed by atoms with E-state index in [1.165, 1.54) is 0 Å². The molecule has 0 saturated carbocycles. The number of para-hydroxylation sites is 1. The first-order chi connectivity index (χ1) is 9.33. The van der Waals surface area contributed by atoms with Gasteiger partial charge < -0.3 is 15.0 Å². The van der Waals surface area contributed by atoms with Crippen LogP contribution in [-0.4, -0.2) is 30.6 Å². The van der Waals surface area contributed by atoms with Crippen molar-refractivity contribution in [3.8, 4) is 0 Å². The van der Waals surface area contributed by atoms with Crippen LogP contribution in [0.1, 0.15) is 12.0 Å². The number of H-pyrrole nitrogens is 1. The monoisotopic (exact) mass is 258 g/mol. The van der Waals surface area contributed by atoms with Gasteiger partial charge in [0, 0.05) is 36.2 Å². The number of aromatic amines is 1. The third kappa shape index (κ3) is 2.79. The number of rotatable bonds is 4. The molecule has 4 heteroatoms. The Kier molecular flexibility index (Phi) is 3.51. The van der Waals surface area contributed by atoms with Crippen LogP contribution in [0.2, 0.25) is 0 Å². The molecule has 1 aromatic carbocycles. The van der Waals surface area contributed by atoms with E-state index in [9.17, 15) is 4.79 Å². The van der Waals surface area contributed by atoms with Gasteiger partial charge in [0.2, 0.25) is 5.91 Å². The molecule has 1 saturated heterocycles. The lowest BCUT2D eigenvalue weighted by atomic mass is 10.1. The molecule has 100 valence electrons. The Labute approximate surface area is 112 Å². The summed E-state index contributed by atoms with van der Waals surface area (Å²) in [4.78, 5) is 15.1. The van der Waals surface area contributed by atoms with Crippen LogP contribution in [0, 0.1) is 5.92 Å². The number of nitrogens with one attached hydrogen (secondary N) is 2. The first-order valence-corrected chi connectivity index (χ1v) is 6.72. The molecule has 0 bridgehead atoms. The number of hydrogen-bond acceptors (Lipinski definition) is 2. The number of carbonyl (C=O) groups excluding carboxylic acids is 1. The molecule has 0 spiro atoms. The highest BCUT2D eigenvalue weighted by Crippen LogP contribution is 2.18. The molecule has 1 amide bonds. The van der Waals surface area contributed by atoms with Gasteiger partial charge in [-0.25, -0.2) is 0 Å². The summed E-state index contributed by atoms with van der Waals surface area (Å²) < 4.78 is 5.30. The zero-order valence-electron chi connectivity index (χ0n) is 10.8. The Morgan fingerprint density at radius 2 is 2.32 bits per heavy atom. The van der Waals surface area contributed by atoms with Crippen molar-refractivity contribution in [3.05, 3.63) is 36.0 Å². The largest absolute Gasteiger partial charge is 0.381 e. The molecular weight excluding hydrogens is 240 g/mol. The molecule has 0 radical (unpaired) electrons. The highest BCUT2D eigenvalue weighted by molar-refractivity contribution is 5.88. The van der Waals surface area contributed by atoms with Crippen LogP contribution in [0.3, 0.4) is 0 Å². The number of fused-ring (bicyclic) bond motifs is 1. The van der Waals surface area contributed by atoms with Crippen molar-refractivity contribution >= 4 is 16.8 Å². The number of benzene rings is 1. The Bertz CT molecular complexity index is 570. The Hall–Kier alpha value is -1.81. The lowest BCUT2D eigenvalue weighted by Crippen LogP contribution is -2.30. The quantitative estimate of drug-likeness (QED) is 0.879. The van der Waals surface area contributed by atoms with Crippen LogP contribution < -0.4 is 5.32 Å². The minimum Gasteiger partial charge on any atom is -0.381 e. The number of ether oxygens (including phenoxy) is 1. The second kappa shape index (κ2) is 5.45. The number of carbonyl (C=O) groups is 1. The maximum absolute atomic E-state index is 11.9. The molecule has 1 atom stereocenters. The van der Waals surface area contributed by atoms with Gasteiger partial charge in [-0.2, -0.15) is 0 Å². The molecular formula is C15H18N2O2. The van der Waals surface area contributed by atoms with E-state index in [-0.39, 0.29) is 5.91 Å². The standard InChI is InChI=1S/C15H18N2O2/c18-15(17-8-11-5-6-19-10-11)7-12-9-16-14-4-2-1-3-13(12)14/h1-4,9,11,16H,5-8,10H2,(H,17,18). The maximum Gasteiger partial charge on any atom is 0.224 e. The summed E-state index contributed by atoms with van der Waals surface area (Å²) >= 11 is 0. The summed E-state index contributed by atoms with van der Waals surface area (Å²) in [6.07, 6.45) is 3.40. The van der Waals surface area contributed by atoms with Gasteiger partial charge in [0.05, 0.1) is 13.0 Å². The average Bonchev–Trinajstić information content (AvgIpc) is 3.07. The topological polar surface area (TPSA) is 54.1 Å². The lowest BCUT2D eigenvalue weighted by Gasteiger charge is -2.09. The van der Waals surface area contributed by atoms with Crippen LogP contribution in [0.5, 0.6) is 0 Å². The highest BCUT2D eigenvalue weighted by Gasteiger charge is 2.16. The van der Waals surface area contributed by atoms with Gasteiger partial charge in [-0.15, -0.1) is 0 Å². The maximum atomic E-state index is 11.9. The zero-order chi connectivity index (χ0) is 13.1. The van der Waals surface area contributed by atoms with Gasteiger partial charge in [-0.1, -0.05) is 18.2 Å². The molecule has 2 heterocycles. The van der Waals surface area contributed by atoms with E-state index in [0.29, 0.717) is 12.3 Å². The molecule has 1 unspecified atom stereocenters. The normalized spacial score (nSPS) is 18.8. The van der Waals surface area contributed by atoms with E-state index >= 15 is 0 Å². The summed E-state index contributed by atoms with van der Waals surface area (Å²) in [5.41, 5.74) is 2.13. The zero-order valence-corrected chi connectivity index (χ0v) is 10.8. The molecule has 1 aliphatic rings. The van der Waals surface area contributed by atoms with E-state index in [4.69, 9.17) is 4.74 Å². The summed E-state index contributed by atoms with van der Waals surface area (Å²) in [5.74, 6) is 0.559. The van der Waals surface area contributed by atoms with Crippen molar-refractivity contribution in [2.24, 2.45) is 5.92 Å². The predicted octanol–water partition coefficient (Wildman–Crippen LogP) is 1.86. The van der Waals surface area contributed by atoms with Crippen LogP contribution in [0.15, 0.2) is 30.5 Å². The second-order valence-corrected chi connectivity index (χ2v) is 5.07. The fraction of sp³-hybridized carbons (Fsp3) is 0.400. The van der Waals surface area contributed by atoms with Crippen molar-refractivity contribution < 1.29 is 9.53 Å². The Morgan fingerprint density at radius 3 is 3.16 bits per heavy atom. The van der Waals surface area contributed by atoms with Gasteiger partial charge >= 0.3 is 0 Å². The number of hydrogen-bond donors (Lipinski definition) is 2. The van der Waals surface area contributed by atoms with Crippen LogP contribution in [0.25, 0.3) is 10.9 Å². The van der Waals surface area contributed by atoms with Gasteiger partial charge in [0.1, 0.15) is 0 Å². The highest BCUT2D eigenvalue weighted by atomic mass is 16.5. The summed E-state index contributed by atoms with van der Waals surface area (Å²) in [7, 11) is 0. The molecule has 0 aliphatic carbocycles. The lowest BCUT2D eigenvalue weighted by molar-refractivity contribution is -0.120. The van der Waals surface area contributed by atoms with Gasteiger partial charge in [-0.05, 0) is 18.1 Å². The first-order valence-electron chi connectivity index (χ1n) is 6.72. The van der Waals surface area contributed by atoms with E-state index < -0.39 is 0 Å². The molecule has 1 aromatic heterocycles. The van der Waals surface area contributed by atoms with Gasteiger partial charge in [0.15, 0.2) is 0 Å². The summed E-state index contributed by atoms with van der Waals surface area (Å²) in [6.45, 7) is 2.32. The van der Waals surface area contributed by atoms with Crippen LogP contribution >= 0.6 is 0 Å². The fourth-order valence-corrected chi connectivity index (χ4v) is 2.52. The first kappa shape index (κ1) is 12.2. The van der Waals surface area contributed by atoms with E-state index in [2.05, 4.69) is 10.3 Å². The fourth-order valence-electron chi connectivity index (χ4n) is 2.52. The predicted molar refractivity (Wildman–Crippen MR) is 73.9 cm³/mol. The number of aromatic nitrogens is 1. The van der Waals surface area contributed by atoms with Crippen molar-refractivity contribution in [2.75, 3.05) is 19.8 Å². The minimum absolute atomic E-state index is 0.0802. The van der Waals surface area contributed by atoms with Crippen molar-refractivity contribution in [1.29, 1.82) is 0 Å². The van der Waals surface area contributed by atoms with E-state index in [1.807, 2.05) is 30.5 Å². The number of amides is 1. The van der Waals surface area contributed by atoms with Gasteiger partial charge in [-0.3, -0.25) is 4.79 Å². The van der Waals surface area contributed by atoms with E-state index in [1.54, 1.807) is 0 Å². The summed E-state index contributed by atoms with van der Waals surface area (Å²) in [6, 6.07) is 8.04. The molecule has 2 aromatic rings. The minimum atomic E-state index is 0.0802. The van der Waals surface area contributed by atoms with Crippen LogP contribution in [-0.2, 0) is 16.0 Å².